The van der Waals surface area contributed by atoms with Gasteiger partial charge in [-0.05, 0) is 49.2 Å². The van der Waals surface area contributed by atoms with Crippen LogP contribution in [0.4, 0.5) is 4.39 Å². The molecular weight excluding hydrogens is 269 g/mol. The zero-order valence-electron chi connectivity index (χ0n) is 12.8. The Labute approximate surface area is 125 Å². The van der Waals surface area contributed by atoms with E-state index in [1.807, 2.05) is 13.0 Å². The predicted octanol–water partition coefficient (Wildman–Crippen LogP) is 4.05. The zero-order chi connectivity index (χ0) is 15.2. The van der Waals surface area contributed by atoms with Gasteiger partial charge in [0.2, 0.25) is 0 Å². The highest BCUT2D eigenvalue weighted by molar-refractivity contribution is 5.33. The van der Waals surface area contributed by atoms with Crippen LogP contribution in [0.1, 0.15) is 30.7 Å². The molecule has 0 aliphatic heterocycles. The van der Waals surface area contributed by atoms with Gasteiger partial charge in [0.15, 0.2) is 0 Å². The van der Waals surface area contributed by atoms with Gasteiger partial charge in [0.1, 0.15) is 23.9 Å². The van der Waals surface area contributed by atoms with Gasteiger partial charge in [-0.25, -0.2) is 4.39 Å². The van der Waals surface area contributed by atoms with Crippen LogP contribution in [0.3, 0.4) is 0 Å². The maximum absolute atomic E-state index is 13.1. The van der Waals surface area contributed by atoms with Gasteiger partial charge in [-0.2, -0.15) is 0 Å². The van der Waals surface area contributed by atoms with Crippen molar-refractivity contribution >= 4 is 0 Å². The van der Waals surface area contributed by atoms with E-state index in [0.29, 0.717) is 24.8 Å². The number of furan rings is 1. The van der Waals surface area contributed by atoms with Crippen LogP contribution >= 0.6 is 0 Å². The highest BCUT2D eigenvalue weighted by Gasteiger charge is 2.08. The Balaban J connectivity index is 1.92. The number of rotatable bonds is 7. The normalized spacial score (nSPS) is 11.1. The molecule has 0 bridgehead atoms. The molecule has 1 heterocycles. The van der Waals surface area contributed by atoms with Crippen molar-refractivity contribution in [1.29, 1.82) is 0 Å². The van der Waals surface area contributed by atoms with Gasteiger partial charge in [0.05, 0.1) is 12.8 Å². The summed E-state index contributed by atoms with van der Waals surface area (Å²) in [5.41, 5.74) is 1.80. The Bertz CT molecular complexity index is 578. The molecule has 2 rings (SSSR count). The lowest BCUT2D eigenvalue weighted by Gasteiger charge is -2.10. The van der Waals surface area contributed by atoms with Crippen LogP contribution < -0.4 is 10.1 Å². The van der Waals surface area contributed by atoms with Crippen molar-refractivity contribution in [2.45, 2.75) is 33.9 Å². The Morgan fingerprint density at radius 2 is 2.10 bits per heavy atom. The minimum Gasteiger partial charge on any atom is -0.488 e. The third-order valence-electron chi connectivity index (χ3n) is 3.20. The minimum atomic E-state index is -0.248. The number of aryl methyl sites for hydroxylation is 1. The first-order valence-electron chi connectivity index (χ1n) is 7.21. The molecule has 0 aliphatic rings. The van der Waals surface area contributed by atoms with Gasteiger partial charge >= 0.3 is 0 Å². The molecule has 0 unspecified atom stereocenters. The van der Waals surface area contributed by atoms with Gasteiger partial charge in [0, 0.05) is 5.56 Å². The topological polar surface area (TPSA) is 34.4 Å². The molecule has 1 aromatic carbocycles. The van der Waals surface area contributed by atoms with Crippen LogP contribution in [0.25, 0.3) is 0 Å². The van der Waals surface area contributed by atoms with Crippen LogP contribution in [-0.2, 0) is 13.2 Å². The lowest BCUT2D eigenvalue weighted by Crippen LogP contribution is -2.19. The largest absolute Gasteiger partial charge is 0.488 e. The molecule has 1 aromatic heterocycles. The van der Waals surface area contributed by atoms with E-state index in [1.165, 1.54) is 12.1 Å². The Hall–Kier alpha value is -1.81. The molecule has 0 saturated heterocycles. The van der Waals surface area contributed by atoms with E-state index >= 15 is 0 Å². The first kappa shape index (κ1) is 15.6. The number of hydrogen-bond acceptors (Lipinski definition) is 3. The number of halogens is 1. The average Bonchev–Trinajstić information content (AvgIpc) is 2.85. The Morgan fingerprint density at radius 3 is 2.81 bits per heavy atom. The maximum atomic E-state index is 13.1. The Morgan fingerprint density at radius 1 is 1.29 bits per heavy atom. The summed E-state index contributed by atoms with van der Waals surface area (Å²) in [6.07, 6.45) is 1.67. The molecule has 0 atom stereocenters. The zero-order valence-corrected chi connectivity index (χ0v) is 12.8. The summed E-state index contributed by atoms with van der Waals surface area (Å²) in [5.74, 6) is 1.93. The second-order valence-electron chi connectivity index (χ2n) is 5.59. The van der Waals surface area contributed by atoms with E-state index in [0.717, 1.165) is 23.4 Å². The van der Waals surface area contributed by atoms with Gasteiger partial charge in [-0.1, -0.05) is 13.8 Å². The molecule has 0 fully saturated rings. The van der Waals surface area contributed by atoms with E-state index in [-0.39, 0.29) is 5.82 Å². The molecule has 0 saturated carbocycles. The van der Waals surface area contributed by atoms with Gasteiger partial charge < -0.3 is 14.5 Å². The lowest BCUT2D eigenvalue weighted by molar-refractivity contribution is 0.298. The SMILES string of the molecule is Cc1cc(F)ccc1OCc1ccoc1CNCC(C)C. The molecule has 3 nitrogen and oxygen atoms in total. The second-order valence-corrected chi connectivity index (χ2v) is 5.59. The summed E-state index contributed by atoms with van der Waals surface area (Å²) in [5, 5.41) is 3.35. The summed E-state index contributed by atoms with van der Waals surface area (Å²) in [6.45, 7) is 8.21. The Kier molecular flexibility index (Phi) is 5.39. The van der Waals surface area contributed by atoms with E-state index in [1.54, 1.807) is 12.3 Å². The van der Waals surface area contributed by atoms with Crippen molar-refractivity contribution in [3.05, 3.63) is 53.2 Å². The summed E-state index contributed by atoms with van der Waals surface area (Å²) in [7, 11) is 0. The fraction of sp³-hybridized carbons (Fsp3) is 0.412. The molecule has 21 heavy (non-hydrogen) atoms. The second kappa shape index (κ2) is 7.27. The van der Waals surface area contributed by atoms with E-state index in [4.69, 9.17) is 9.15 Å². The van der Waals surface area contributed by atoms with Crippen LogP contribution in [-0.4, -0.2) is 6.54 Å². The number of benzene rings is 1. The maximum Gasteiger partial charge on any atom is 0.124 e. The van der Waals surface area contributed by atoms with Crippen molar-refractivity contribution in [2.24, 2.45) is 5.92 Å². The monoisotopic (exact) mass is 291 g/mol. The summed E-state index contributed by atoms with van der Waals surface area (Å²) in [6, 6.07) is 6.44. The number of hydrogen-bond donors (Lipinski definition) is 1. The summed E-state index contributed by atoms with van der Waals surface area (Å²) >= 11 is 0. The molecule has 2 aromatic rings. The average molecular weight is 291 g/mol. The molecule has 0 radical (unpaired) electrons. The summed E-state index contributed by atoms with van der Waals surface area (Å²) < 4.78 is 24.3. The standard InChI is InChI=1S/C17H22FNO2/c1-12(2)9-19-10-17-14(6-7-20-17)11-21-16-5-4-15(18)8-13(16)3/h4-8,12,19H,9-11H2,1-3H3. The van der Waals surface area contributed by atoms with Crippen LogP contribution in [0, 0.1) is 18.7 Å². The van der Waals surface area contributed by atoms with Crippen LogP contribution in [0.15, 0.2) is 34.9 Å². The van der Waals surface area contributed by atoms with E-state index < -0.39 is 0 Å². The fourth-order valence-electron chi connectivity index (χ4n) is 2.06. The predicted molar refractivity (Wildman–Crippen MR) is 80.7 cm³/mol. The van der Waals surface area contributed by atoms with E-state index in [9.17, 15) is 4.39 Å². The van der Waals surface area contributed by atoms with Crippen molar-refractivity contribution in [1.82, 2.24) is 5.32 Å². The fourth-order valence-corrected chi connectivity index (χ4v) is 2.06. The van der Waals surface area contributed by atoms with Crippen molar-refractivity contribution in [3.63, 3.8) is 0 Å². The third-order valence-corrected chi connectivity index (χ3v) is 3.20. The molecule has 0 amide bonds. The molecule has 0 spiro atoms. The van der Waals surface area contributed by atoms with Crippen LogP contribution in [0.5, 0.6) is 5.75 Å². The lowest BCUT2D eigenvalue weighted by atomic mass is 10.2. The molecule has 0 aliphatic carbocycles. The van der Waals surface area contributed by atoms with Crippen molar-refractivity contribution in [2.75, 3.05) is 6.54 Å². The van der Waals surface area contributed by atoms with Crippen molar-refractivity contribution in [3.8, 4) is 5.75 Å². The minimum absolute atomic E-state index is 0.248. The smallest absolute Gasteiger partial charge is 0.124 e. The number of ether oxygens (including phenoxy) is 1. The first-order chi connectivity index (χ1) is 10.1. The third kappa shape index (κ3) is 4.60. The molecule has 114 valence electrons. The highest BCUT2D eigenvalue weighted by Crippen LogP contribution is 2.21. The van der Waals surface area contributed by atoms with Crippen LogP contribution in [0.2, 0.25) is 0 Å². The number of nitrogens with one attached hydrogen (secondary N) is 1. The van der Waals surface area contributed by atoms with E-state index in [2.05, 4.69) is 19.2 Å². The molecular formula is C17H22FNO2. The van der Waals surface area contributed by atoms with Gasteiger partial charge in [-0.15, -0.1) is 0 Å². The first-order valence-corrected chi connectivity index (χ1v) is 7.21. The summed E-state index contributed by atoms with van der Waals surface area (Å²) in [4.78, 5) is 0. The quantitative estimate of drug-likeness (QED) is 0.835. The van der Waals surface area contributed by atoms with Crippen molar-refractivity contribution < 1.29 is 13.5 Å². The van der Waals surface area contributed by atoms with Gasteiger partial charge in [0.25, 0.3) is 0 Å². The molecule has 1 N–H and O–H groups in total. The van der Waals surface area contributed by atoms with Gasteiger partial charge in [-0.3, -0.25) is 0 Å². The molecule has 4 heteroatoms. The highest BCUT2D eigenvalue weighted by atomic mass is 19.1.